The van der Waals surface area contributed by atoms with Crippen LogP contribution in [0, 0.1) is 30.3 Å². The van der Waals surface area contributed by atoms with Crippen LogP contribution in [-0.4, -0.2) is 33.5 Å². The predicted molar refractivity (Wildman–Crippen MR) is 142 cm³/mol. The average Bonchev–Trinajstić information content (AvgIpc) is 2.75. The predicted octanol–water partition coefficient (Wildman–Crippen LogP) is 4.96. The molecule has 4 fully saturated rings. The summed E-state index contributed by atoms with van der Waals surface area (Å²) in [6, 6.07) is 3.13. The third kappa shape index (κ3) is 5.90. The fourth-order valence-electron chi connectivity index (χ4n) is 6.07. The van der Waals surface area contributed by atoms with Crippen molar-refractivity contribution in [3.8, 4) is 0 Å². The molecular formula is C23H24ClI2N3O4. The Kier molecular flexibility index (Phi) is 7.69. The van der Waals surface area contributed by atoms with Gasteiger partial charge in [-0.2, -0.15) is 0 Å². The Morgan fingerprint density at radius 3 is 2.21 bits per heavy atom. The summed E-state index contributed by atoms with van der Waals surface area (Å²) < 4.78 is 1.63. The van der Waals surface area contributed by atoms with E-state index in [4.69, 9.17) is 16.7 Å². The molecule has 0 radical (unpaired) electrons. The number of nitrogens with zero attached hydrogens (tertiary/aromatic N) is 1. The average molecular weight is 696 g/mol. The summed E-state index contributed by atoms with van der Waals surface area (Å²) in [6.45, 7) is 0.803. The number of nitrogens with one attached hydrogen (secondary N) is 2. The highest BCUT2D eigenvalue weighted by atomic mass is 127. The normalized spacial score (nSPS) is 26.9. The first kappa shape index (κ1) is 24.9. The molecule has 0 saturated heterocycles. The number of aromatic carboxylic acids is 1. The van der Waals surface area contributed by atoms with Crippen molar-refractivity contribution >= 4 is 68.7 Å². The fraction of sp³-hybridized carbons (Fsp3) is 0.478. The van der Waals surface area contributed by atoms with E-state index < -0.39 is 11.5 Å². The molecule has 0 unspecified atom stereocenters. The lowest BCUT2D eigenvalue weighted by Gasteiger charge is -2.56. The number of pyridine rings is 2. The zero-order chi connectivity index (χ0) is 23.8. The van der Waals surface area contributed by atoms with Gasteiger partial charge in [-0.05, 0) is 119 Å². The van der Waals surface area contributed by atoms with Gasteiger partial charge in [0, 0.05) is 26.1 Å². The van der Waals surface area contributed by atoms with Crippen LogP contribution in [0.25, 0.3) is 0 Å². The Balaban J connectivity index is 0.000000200. The minimum atomic E-state index is -1.20. The smallest absolute Gasteiger partial charge is 0.341 e. The Labute approximate surface area is 223 Å². The van der Waals surface area contributed by atoms with Gasteiger partial charge in [-0.25, -0.2) is 9.78 Å². The molecular weight excluding hydrogens is 672 g/mol. The highest BCUT2D eigenvalue weighted by Gasteiger charge is 2.50. The standard InChI is InChI=1S/C17H20ClIN2O.C6H4INO3/c18-15-14(4-13(19)8-20-15)16(22)21-9-17-5-10-1-11(6-17)3-12(2-10)7-17;7-3-1-4(6(10)11)5(9)8-2-3/h4,8,10-12H,1-3,5-7,9H2,(H,21,22);1-2H,(H,8,9)(H,10,11). The Bertz CT molecular complexity index is 1100. The van der Waals surface area contributed by atoms with Gasteiger partial charge in [0.05, 0.1) is 5.56 Å². The summed E-state index contributed by atoms with van der Waals surface area (Å²) in [4.78, 5) is 40.0. The number of hydrogen-bond donors (Lipinski definition) is 3. The van der Waals surface area contributed by atoms with Crippen LogP contribution >= 0.6 is 56.8 Å². The van der Waals surface area contributed by atoms with Gasteiger partial charge in [0.1, 0.15) is 10.7 Å². The monoisotopic (exact) mass is 695 g/mol. The number of carbonyl (C=O) groups is 2. The molecule has 6 rings (SSSR count). The third-order valence-corrected chi connectivity index (χ3v) is 8.45. The van der Waals surface area contributed by atoms with Gasteiger partial charge in [0.25, 0.3) is 11.5 Å². The van der Waals surface area contributed by atoms with Gasteiger partial charge in [-0.1, -0.05) is 11.6 Å². The van der Waals surface area contributed by atoms with E-state index in [2.05, 4.69) is 37.9 Å². The van der Waals surface area contributed by atoms with Crippen LogP contribution in [0.4, 0.5) is 0 Å². The van der Waals surface area contributed by atoms with Crippen molar-refractivity contribution in [3.05, 3.63) is 58.3 Å². The van der Waals surface area contributed by atoms with E-state index in [1.165, 1.54) is 50.8 Å². The van der Waals surface area contributed by atoms with Crippen LogP contribution in [-0.2, 0) is 0 Å². The molecule has 4 aliphatic rings. The largest absolute Gasteiger partial charge is 0.477 e. The first-order valence-electron chi connectivity index (χ1n) is 10.8. The van der Waals surface area contributed by atoms with Crippen LogP contribution in [0.15, 0.2) is 29.3 Å². The van der Waals surface area contributed by atoms with Crippen molar-refractivity contribution in [3.63, 3.8) is 0 Å². The van der Waals surface area contributed by atoms with Gasteiger partial charge >= 0.3 is 5.97 Å². The van der Waals surface area contributed by atoms with E-state index in [1.54, 1.807) is 6.20 Å². The molecule has 2 aromatic heterocycles. The van der Waals surface area contributed by atoms with Crippen molar-refractivity contribution < 1.29 is 14.7 Å². The molecule has 4 saturated carbocycles. The van der Waals surface area contributed by atoms with Crippen molar-refractivity contribution in [2.75, 3.05) is 6.54 Å². The Morgan fingerprint density at radius 2 is 1.67 bits per heavy atom. The molecule has 2 heterocycles. The van der Waals surface area contributed by atoms with Crippen molar-refractivity contribution in [2.45, 2.75) is 38.5 Å². The summed E-state index contributed by atoms with van der Waals surface area (Å²) in [5.41, 5.74) is 0.0554. The van der Waals surface area contributed by atoms with Gasteiger partial charge in [0.2, 0.25) is 0 Å². The van der Waals surface area contributed by atoms with Crippen molar-refractivity contribution in [1.82, 2.24) is 15.3 Å². The molecule has 0 atom stereocenters. The summed E-state index contributed by atoms with van der Waals surface area (Å²) in [5.74, 6) is 1.44. The Hall–Kier alpha value is -1.21. The second-order valence-corrected chi connectivity index (χ2v) is 12.3. The molecule has 10 heteroatoms. The van der Waals surface area contributed by atoms with E-state index in [0.29, 0.717) is 19.7 Å². The van der Waals surface area contributed by atoms with Crippen LogP contribution < -0.4 is 10.9 Å². The zero-order valence-corrected chi connectivity index (χ0v) is 22.8. The SMILES string of the molecule is O=C(NCC12CC3CC(CC(C3)C1)C2)c1cc(I)cnc1Cl.O=C(O)c1cc(I)c[nH]c1=O. The molecule has 2 aromatic rings. The Morgan fingerprint density at radius 1 is 1.09 bits per heavy atom. The van der Waals surface area contributed by atoms with Gasteiger partial charge in [-0.15, -0.1) is 0 Å². The van der Waals surface area contributed by atoms with E-state index >= 15 is 0 Å². The lowest BCUT2D eigenvalue weighted by atomic mass is 9.49. The minimum Gasteiger partial charge on any atom is -0.477 e. The summed E-state index contributed by atoms with van der Waals surface area (Å²) in [5, 5.41) is 11.9. The number of carboxylic acid groups (broad SMARTS) is 1. The van der Waals surface area contributed by atoms with Gasteiger partial charge in [-0.3, -0.25) is 9.59 Å². The molecule has 7 nitrogen and oxygen atoms in total. The number of aromatic nitrogens is 2. The quantitative estimate of drug-likeness (QED) is 0.309. The molecule has 4 bridgehead atoms. The van der Waals surface area contributed by atoms with Gasteiger partial charge < -0.3 is 15.4 Å². The maximum absolute atomic E-state index is 12.5. The molecule has 33 heavy (non-hydrogen) atoms. The van der Waals surface area contributed by atoms with Crippen LogP contribution in [0.1, 0.15) is 59.2 Å². The number of carboxylic acids is 1. The molecule has 4 aliphatic carbocycles. The number of aromatic amines is 1. The van der Waals surface area contributed by atoms with Gasteiger partial charge in [0.15, 0.2) is 0 Å². The molecule has 0 aliphatic heterocycles. The summed E-state index contributed by atoms with van der Waals surface area (Å²) in [7, 11) is 0. The number of carbonyl (C=O) groups excluding carboxylic acids is 1. The zero-order valence-electron chi connectivity index (χ0n) is 17.7. The highest BCUT2D eigenvalue weighted by molar-refractivity contribution is 14.1. The lowest BCUT2D eigenvalue weighted by molar-refractivity contribution is -0.0503. The topological polar surface area (TPSA) is 112 Å². The van der Waals surface area contributed by atoms with Crippen molar-refractivity contribution in [1.29, 1.82) is 0 Å². The first-order valence-corrected chi connectivity index (χ1v) is 13.4. The van der Waals surface area contributed by atoms with E-state index in [9.17, 15) is 14.4 Å². The van der Waals surface area contributed by atoms with E-state index in [-0.39, 0.29) is 11.5 Å². The first-order chi connectivity index (χ1) is 15.6. The molecule has 3 N–H and O–H groups in total. The fourth-order valence-corrected chi connectivity index (χ4v) is 7.17. The number of rotatable bonds is 4. The minimum absolute atomic E-state index is 0.0771. The third-order valence-electron chi connectivity index (χ3n) is 6.94. The van der Waals surface area contributed by atoms with E-state index in [1.807, 2.05) is 28.7 Å². The van der Waals surface area contributed by atoms with Crippen LogP contribution in [0.3, 0.4) is 0 Å². The van der Waals surface area contributed by atoms with E-state index in [0.717, 1.165) is 27.9 Å². The maximum Gasteiger partial charge on any atom is 0.341 e. The second-order valence-electron chi connectivity index (χ2n) is 9.46. The summed E-state index contributed by atoms with van der Waals surface area (Å²) in [6.07, 6.45) is 11.3. The number of halogens is 3. The van der Waals surface area contributed by atoms with Crippen LogP contribution in [0.2, 0.25) is 5.15 Å². The summed E-state index contributed by atoms with van der Waals surface area (Å²) >= 11 is 10.1. The maximum atomic E-state index is 12.5. The van der Waals surface area contributed by atoms with Crippen molar-refractivity contribution in [2.24, 2.45) is 23.2 Å². The second kappa shape index (κ2) is 10.2. The number of amides is 1. The lowest BCUT2D eigenvalue weighted by Crippen LogP contribution is -2.51. The molecule has 176 valence electrons. The molecule has 1 amide bonds. The number of hydrogen-bond acceptors (Lipinski definition) is 4. The molecule has 0 aromatic carbocycles. The highest BCUT2D eigenvalue weighted by Crippen LogP contribution is 2.59. The molecule has 0 spiro atoms. The number of H-pyrrole nitrogens is 1. The van der Waals surface area contributed by atoms with Crippen LogP contribution in [0.5, 0.6) is 0 Å².